The lowest BCUT2D eigenvalue weighted by Gasteiger charge is -2.20. The molecular weight excluding hydrogens is 221 g/mol. The van der Waals surface area contributed by atoms with Gasteiger partial charge in [-0.05, 0) is 31.5 Å². The molecule has 0 saturated heterocycles. The minimum absolute atomic E-state index is 0.317. The highest BCUT2D eigenvalue weighted by Gasteiger charge is 2.10. The van der Waals surface area contributed by atoms with E-state index in [4.69, 9.17) is 4.74 Å². The van der Waals surface area contributed by atoms with Gasteiger partial charge in [0, 0.05) is 20.2 Å². The van der Waals surface area contributed by atoms with Crippen LogP contribution in [0.1, 0.15) is 25.5 Å². The third-order valence-corrected chi connectivity index (χ3v) is 2.64. The van der Waals surface area contributed by atoms with Gasteiger partial charge in [-0.1, -0.05) is 6.07 Å². The molecule has 0 aliphatic carbocycles. The van der Waals surface area contributed by atoms with Gasteiger partial charge in [0.1, 0.15) is 5.82 Å². The summed E-state index contributed by atoms with van der Waals surface area (Å²) >= 11 is 0. The van der Waals surface area contributed by atoms with Crippen LogP contribution in [0.25, 0.3) is 0 Å². The van der Waals surface area contributed by atoms with E-state index in [0.717, 1.165) is 0 Å². The predicted octanol–water partition coefficient (Wildman–Crippen LogP) is 2.35. The van der Waals surface area contributed by atoms with Crippen molar-refractivity contribution in [2.45, 2.75) is 20.0 Å². The number of rotatable bonds is 6. The Balaban J connectivity index is 2.70. The summed E-state index contributed by atoms with van der Waals surface area (Å²) in [6.45, 7) is 5.42. The van der Waals surface area contributed by atoms with Crippen molar-refractivity contribution in [3.8, 4) is 0 Å². The van der Waals surface area contributed by atoms with Crippen LogP contribution in [-0.2, 0) is 4.74 Å². The summed E-state index contributed by atoms with van der Waals surface area (Å²) in [5, 5.41) is 9.35. The minimum atomic E-state index is -0.646. The Hall–Kier alpha value is -1.13. The Labute approximate surface area is 102 Å². The number of halogens is 1. The highest BCUT2D eigenvalue weighted by Crippen LogP contribution is 2.22. The lowest BCUT2D eigenvalue weighted by molar-refractivity contribution is 0.154. The highest BCUT2D eigenvalue weighted by molar-refractivity contribution is 5.48. The summed E-state index contributed by atoms with van der Waals surface area (Å²) in [4.78, 5) is 1.80. The second-order valence-corrected chi connectivity index (χ2v) is 4.01. The number of aliphatic hydroxyl groups is 1. The fourth-order valence-corrected chi connectivity index (χ4v) is 1.56. The van der Waals surface area contributed by atoms with E-state index in [0.29, 0.717) is 31.0 Å². The first-order chi connectivity index (χ1) is 8.06. The number of nitrogens with zero attached hydrogens (tertiary/aromatic N) is 1. The molecule has 96 valence electrons. The van der Waals surface area contributed by atoms with E-state index >= 15 is 0 Å². The SMILES string of the molecule is CCOCCN(C)c1ccc(C(C)O)cc1F. The second kappa shape index (κ2) is 6.57. The van der Waals surface area contributed by atoms with Gasteiger partial charge in [-0.15, -0.1) is 0 Å². The van der Waals surface area contributed by atoms with Crippen LogP contribution in [0.3, 0.4) is 0 Å². The molecule has 0 radical (unpaired) electrons. The molecule has 1 aromatic rings. The van der Waals surface area contributed by atoms with Crippen molar-refractivity contribution in [3.63, 3.8) is 0 Å². The molecule has 0 amide bonds. The van der Waals surface area contributed by atoms with Gasteiger partial charge in [-0.2, -0.15) is 0 Å². The minimum Gasteiger partial charge on any atom is -0.389 e. The van der Waals surface area contributed by atoms with Crippen LogP contribution in [0.5, 0.6) is 0 Å². The number of aliphatic hydroxyl groups excluding tert-OH is 1. The Kier molecular flexibility index (Phi) is 5.38. The first-order valence-corrected chi connectivity index (χ1v) is 5.82. The van der Waals surface area contributed by atoms with Crippen molar-refractivity contribution in [1.82, 2.24) is 0 Å². The van der Waals surface area contributed by atoms with E-state index in [-0.39, 0.29) is 5.82 Å². The molecule has 0 fully saturated rings. The molecule has 0 spiro atoms. The van der Waals surface area contributed by atoms with Gasteiger partial charge in [0.25, 0.3) is 0 Å². The lowest BCUT2D eigenvalue weighted by Crippen LogP contribution is -2.23. The van der Waals surface area contributed by atoms with Gasteiger partial charge in [0.2, 0.25) is 0 Å². The molecular formula is C13H20FNO2. The first-order valence-electron chi connectivity index (χ1n) is 5.82. The summed E-state index contributed by atoms with van der Waals surface area (Å²) in [5.41, 5.74) is 1.11. The van der Waals surface area contributed by atoms with Gasteiger partial charge in [-0.25, -0.2) is 4.39 Å². The average Bonchev–Trinajstić information content (AvgIpc) is 2.28. The summed E-state index contributed by atoms with van der Waals surface area (Å²) < 4.78 is 19.0. The molecule has 1 unspecified atom stereocenters. The van der Waals surface area contributed by atoms with Crippen molar-refractivity contribution < 1.29 is 14.2 Å². The first kappa shape index (κ1) is 13.9. The van der Waals surface area contributed by atoms with Crippen molar-refractivity contribution >= 4 is 5.69 Å². The summed E-state index contributed by atoms with van der Waals surface area (Å²) in [7, 11) is 1.82. The fraction of sp³-hybridized carbons (Fsp3) is 0.538. The Morgan fingerprint density at radius 3 is 2.71 bits per heavy atom. The topological polar surface area (TPSA) is 32.7 Å². The number of hydrogen-bond donors (Lipinski definition) is 1. The van der Waals surface area contributed by atoms with Crippen LogP contribution in [-0.4, -0.2) is 31.9 Å². The molecule has 3 nitrogen and oxygen atoms in total. The number of anilines is 1. The molecule has 0 aliphatic rings. The Morgan fingerprint density at radius 2 is 2.18 bits per heavy atom. The van der Waals surface area contributed by atoms with Crippen LogP contribution >= 0.6 is 0 Å². The third kappa shape index (κ3) is 3.98. The number of ether oxygens (including phenoxy) is 1. The molecule has 1 aromatic carbocycles. The van der Waals surface area contributed by atoms with E-state index in [2.05, 4.69) is 0 Å². The van der Waals surface area contributed by atoms with Crippen molar-refractivity contribution in [2.24, 2.45) is 0 Å². The second-order valence-electron chi connectivity index (χ2n) is 4.01. The zero-order valence-corrected chi connectivity index (χ0v) is 10.6. The smallest absolute Gasteiger partial charge is 0.146 e. The van der Waals surface area contributed by atoms with Crippen LogP contribution < -0.4 is 4.90 Å². The average molecular weight is 241 g/mol. The molecule has 4 heteroatoms. The maximum atomic E-state index is 13.8. The molecule has 0 aromatic heterocycles. The molecule has 1 rings (SSSR count). The maximum Gasteiger partial charge on any atom is 0.146 e. The quantitative estimate of drug-likeness (QED) is 0.776. The number of benzene rings is 1. The van der Waals surface area contributed by atoms with Crippen LogP contribution in [0.15, 0.2) is 18.2 Å². The number of hydrogen-bond acceptors (Lipinski definition) is 3. The van der Waals surface area contributed by atoms with E-state index in [1.165, 1.54) is 6.07 Å². The normalized spacial score (nSPS) is 12.5. The standard InChI is InChI=1S/C13H20FNO2/c1-4-17-8-7-15(3)13-6-5-11(10(2)16)9-12(13)14/h5-6,9-10,16H,4,7-8H2,1-3H3. The van der Waals surface area contributed by atoms with Gasteiger partial charge in [0.05, 0.1) is 18.4 Å². The highest BCUT2D eigenvalue weighted by atomic mass is 19.1. The maximum absolute atomic E-state index is 13.8. The van der Waals surface area contributed by atoms with Crippen molar-refractivity contribution in [3.05, 3.63) is 29.6 Å². The van der Waals surface area contributed by atoms with E-state index in [1.807, 2.05) is 14.0 Å². The number of likely N-dealkylation sites (N-methyl/N-ethyl adjacent to an activating group) is 1. The van der Waals surface area contributed by atoms with Crippen LogP contribution in [0.4, 0.5) is 10.1 Å². The Morgan fingerprint density at radius 1 is 1.47 bits per heavy atom. The molecule has 17 heavy (non-hydrogen) atoms. The molecule has 0 bridgehead atoms. The molecule has 0 heterocycles. The molecule has 0 aliphatic heterocycles. The predicted molar refractivity (Wildman–Crippen MR) is 66.8 cm³/mol. The van der Waals surface area contributed by atoms with Gasteiger partial charge in [0.15, 0.2) is 0 Å². The van der Waals surface area contributed by atoms with Crippen molar-refractivity contribution in [1.29, 1.82) is 0 Å². The molecule has 1 atom stereocenters. The largest absolute Gasteiger partial charge is 0.389 e. The van der Waals surface area contributed by atoms with Crippen LogP contribution in [0, 0.1) is 5.82 Å². The molecule has 1 N–H and O–H groups in total. The van der Waals surface area contributed by atoms with Gasteiger partial charge in [-0.3, -0.25) is 0 Å². The lowest BCUT2D eigenvalue weighted by atomic mass is 10.1. The molecule has 0 saturated carbocycles. The van der Waals surface area contributed by atoms with Crippen molar-refractivity contribution in [2.75, 3.05) is 31.7 Å². The monoisotopic (exact) mass is 241 g/mol. The summed E-state index contributed by atoms with van der Waals surface area (Å²) in [6, 6.07) is 4.79. The summed E-state index contributed by atoms with van der Waals surface area (Å²) in [5.74, 6) is -0.317. The van der Waals surface area contributed by atoms with E-state index in [9.17, 15) is 9.50 Å². The third-order valence-electron chi connectivity index (χ3n) is 2.64. The zero-order chi connectivity index (χ0) is 12.8. The van der Waals surface area contributed by atoms with Gasteiger partial charge < -0.3 is 14.7 Å². The fourth-order valence-electron chi connectivity index (χ4n) is 1.56. The van der Waals surface area contributed by atoms with E-state index < -0.39 is 6.10 Å². The Bertz CT molecular complexity index is 355. The zero-order valence-electron chi connectivity index (χ0n) is 10.6. The van der Waals surface area contributed by atoms with Crippen LogP contribution in [0.2, 0.25) is 0 Å². The van der Waals surface area contributed by atoms with Gasteiger partial charge >= 0.3 is 0 Å². The summed E-state index contributed by atoms with van der Waals surface area (Å²) in [6.07, 6.45) is -0.646. The van der Waals surface area contributed by atoms with E-state index in [1.54, 1.807) is 24.0 Å².